The second-order valence-corrected chi connectivity index (χ2v) is 9.21. The molecule has 1 amide bonds. The third kappa shape index (κ3) is 4.29. The summed E-state index contributed by atoms with van der Waals surface area (Å²) in [7, 11) is 0. The Labute approximate surface area is 190 Å². The van der Waals surface area contributed by atoms with Crippen LogP contribution in [-0.2, 0) is 17.8 Å². The van der Waals surface area contributed by atoms with Crippen molar-refractivity contribution in [2.75, 3.05) is 31.1 Å². The SMILES string of the molecule is CCc1cc2c(N3CCN(C(=O)CCCCn4nc5ccccc5n4)CC3)ncnc2s1. The molecule has 0 N–H and O–H groups in total. The van der Waals surface area contributed by atoms with Crippen LogP contribution >= 0.6 is 11.3 Å². The van der Waals surface area contributed by atoms with E-state index in [4.69, 9.17) is 0 Å². The highest BCUT2D eigenvalue weighted by molar-refractivity contribution is 7.18. The van der Waals surface area contributed by atoms with Crippen molar-refractivity contribution in [3.8, 4) is 0 Å². The number of benzene rings is 1. The van der Waals surface area contributed by atoms with E-state index in [2.05, 4.69) is 38.1 Å². The third-order valence-electron chi connectivity index (χ3n) is 5.97. The van der Waals surface area contributed by atoms with Gasteiger partial charge in [0.05, 0.1) is 11.9 Å². The first-order valence-electron chi connectivity index (χ1n) is 11.3. The molecule has 1 aliphatic heterocycles. The molecular formula is C23H27N7OS. The number of thiophene rings is 1. The highest BCUT2D eigenvalue weighted by Crippen LogP contribution is 2.31. The minimum Gasteiger partial charge on any atom is -0.352 e. The van der Waals surface area contributed by atoms with Gasteiger partial charge in [-0.25, -0.2) is 9.97 Å². The van der Waals surface area contributed by atoms with Crippen LogP contribution in [0.4, 0.5) is 5.82 Å². The molecule has 0 spiro atoms. The molecule has 3 aromatic heterocycles. The van der Waals surface area contributed by atoms with Crippen LogP contribution in [0.3, 0.4) is 0 Å². The number of aryl methyl sites for hydroxylation is 2. The zero-order valence-corrected chi connectivity index (χ0v) is 19.1. The molecule has 0 bridgehead atoms. The summed E-state index contributed by atoms with van der Waals surface area (Å²) in [5.41, 5.74) is 1.83. The monoisotopic (exact) mass is 449 g/mol. The predicted octanol–water partition coefficient (Wildman–Crippen LogP) is 3.52. The molecule has 1 aromatic carbocycles. The van der Waals surface area contributed by atoms with Crippen LogP contribution in [0.2, 0.25) is 0 Å². The first-order chi connectivity index (χ1) is 15.7. The van der Waals surface area contributed by atoms with E-state index >= 15 is 0 Å². The Morgan fingerprint density at radius 3 is 2.50 bits per heavy atom. The summed E-state index contributed by atoms with van der Waals surface area (Å²) in [6.07, 6.45) is 4.98. The van der Waals surface area contributed by atoms with Crippen molar-refractivity contribution in [2.24, 2.45) is 0 Å². The number of carbonyl (C=O) groups is 1. The molecule has 0 radical (unpaired) electrons. The van der Waals surface area contributed by atoms with Crippen molar-refractivity contribution in [2.45, 2.75) is 39.2 Å². The molecule has 5 rings (SSSR count). The second-order valence-electron chi connectivity index (χ2n) is 8.09. The van der Waals surface area contributed by atoms with Gasteiger partial charge in [-0.15, -0.1) is 11.3 Å². The van der Waals surface area contributed by atoms with Crippen LogP contribution in [0.15, 0.2) is 36.7 Å². The number of aromatic nitrogens is 5. The lowest BCUT2D eigenvalue weighted by Crippen LogP contribution is -2.49. The van der Waals surface area contributed by atoms with Crippen molar-refractivity contribution in [3.63, 3.8) is 0 Å². The fourth-order valence-corrected chi connectivity index (χ4v) is 5.11. The predicted molar refractivity (Wildman–Crippen MR) is 127 cm³/mol. The van der Waals surface area contributed by atoms with E-state index < -0.39 is 0 Å². The summed E-state index contributed by atoms with van der Waals surface area (Å²) in [5.74, 6) is 1.23. The van der Waals surface area contributed by atoms with E-state index in [0.29, 0.717) is 6.42 Å². The maximum Gasteiger partial charge on any atom is 0.222 e. The van der Waals surface area contributed by atoms with E-state index in [0.717, 1.165) is 79.1 Å². The lowest BCUT2D eigenvalue weighted by atomic mass is 10.2. The van der Waals surface area contributed by atoms with Gasteiger partial charge in [-0.2, -0.15) is 15.0 Å². The van der Waals surface area contributed by atoms with Crippen molar-refractivity contribution in [3.05, 3.63) is 41.5 Å². The van der Waals surface area contributed by atoms with Crippen LogP contribution in [0.5, 0.6) is 0 Å². The molecule has 32 heavy (non-hydrogen) atoms. The number of piperazine rings is 1. The summed E-state index contributed by atoms with van der Waals surface area (Å²) < 4.78 is 0. The van der Waals surface area contributed by atoms with E-state index in [-0.39, 0.29) is 5.91 Å². The molecule has 1 fully saturated rings. The molecule has 1 saturated heterocycles. The zero-order valence-electron chi connectivity index (χ0n) is 18.3. The number of carbonyl (C=O) groups excluding carboxylic acids is 1. The third-order valence-corrected chi connectivity index (χ3v) is 7.15. The minimum atomic E-state index is 0.236. The van der Waals surface area contributed by atoms with Crippen molar-refractivity contribution in [1.82, 2.24) is 29.9 Å². The molecule has 4 heterocycles. The second kappa shape index (κ2) is 9.20. The summed E-state index contributed by atoms with van der Waals surface area (Å²) >= 11 is 1.74. The molecule has 4 aromatic rings. The van der Waals surface area contributed by atoms with Crippen LogP contribution in [0.25, 0.3) is 21.3 Å². The number of amides is 1. The minimum absolute atomic E-state index is 0.236. The molecule has 8 nitrogen and oxygen atoms in total. The smallest absolute Gasteiger partial charge is 0.222 e. The van der Waals surface area contributed by atoms with E-state index in [9.17, 15) is 4.79 Å². The Morgan fingerprint density at radius 1 is 1.03 bits per heavy atom. The van der Waals surface area contributed by atoms with Crippen LogP contribution in [0, 0.1) is 0 Å². The number of nitrogens with zero attached hydrogens (tertiary/aromatic N) is 7. The maximum absolute atomic E-state index is 12.7. The molecule has 0 saturated carbocycles. The van der Waals surface area contributed by atoms with Gasteiger partial charge in [0, 0.05) is 37.5 Å². The normalized spacial score (nSPS) is 14.5. The number of fused-ring (bicyclic) bond motifs is 2. The topological polar surface area (TPSA) is 80.0 Å². The quantitative estimate of drug-likeness (QED) is 0.402. The fourth-order valence-electron chi connectivity index (χ4n) is 4.18. The van der Waals surface area contributed by atoms with Crippen LogP contribution in [0.1, 0.15) is 31.1 Å². The Balaban J connectivity index is 1.10. The summed E-state index contributed by atoms with van der Waals surface area (Å²) in [4.78, 5) is 30.1. The lowest BCUT2D eigenvalue weighted by molar-refractivity contribution is -0.131. The molecule has 0 unspecified atom stereocenters. The number of hydrogen-bond donors (Lipinski definition) is 0. The van der Waals surface area contributed by atoms with Gasteiger partial charge in [0.15, 0.2) is 0 Å². The number of unbranched alkanes of at least 4 members (excludes halogenated alkanes) is 1. The largest absolute Gasteiger partial charge is 0.352 e. The first kappa shape index (κ1) is 20.8. The van der Waals surface area contributed by atoms with Gasteiger partial charge in [-0.05, 0) is 37.5 Å². The molecular weight excluding hydrogens is 422 g/mol. The molecule has 1 aliphatic rings. The highest BCUT2D eigenvalue weighted by atomic mass is 32.1. The van der Waals surface area contributed by atoms with Gasteiger partial charge in [0.2, 0.25) is 5.91 Å². The Hall–Kier alpha value is -3.07. The van der Waals surface area contributed by atoms with Crippen molar-refractivity contribution >= 4 is 44.3 Å². The van der Waals surface area contributed by atoms with Crippen LogP contribution in [-0.4, -0.2) is 61.9 Å². The standard InChI is InChI=1S/C23H27N7OS/c1-2-17-15-18-22(24-16-25-23(18)32-17)29-13-11-28(12-14-29)21(31)9-5-6-10-30-26-19-7-3-4-8-20(19)27-30/h3-4,7-8,15-16H,2,5-6,9-14H2,1H3. The number of rotatable bonds is 7. The first-order valence-corrected chi connectivity index (χ1v) is 12.1. The zero-order chi connectivity index (χ0) is 21.9. The van der Waals surface area contributed by atoms with Gasteiger partial charge < -0.3 is 9.80 Å². The van der Waals surface area contributed by atoms with Crippen molar-refractivity contribution in [1.29, 1.82) is 0 Å². The van der Waals surface area contributed by atoms with Gasteiger partial charge >= 0.3 is 0 Å². The molecule has 166 valence electrons. The summed E-state index contributed by atoms with van der Waals surface area (Å²) in [5, 5.41) is 10.1. The summed E-state index contributed by atoms with van der Waals surface area (Å²) in [6.45, 7) is 5.98. The fraction of sp³-hybridized carbons (Fsp3) is 0.435. The molecule has 0 aliphatic carbocycles. The van der Waals surface area contributed by atoms with Crippen molar-refractivity contribution < 1.29 is 4.79 Å². The number of hydrogen-bond acceptors (Lipinski definition) is 7. The van der Waals surface area contributed by atoms with Crippen LogP contribution < -0.4 is 4.90 Å². The van der Waals surface area contributed by atoms with E-state index in [1.54, 1.807) is 22.5 Å². The average Bonchev–Trinajstić information content (AvgIpc) is 3.45. The lowest BCUT2D eigenvalue weighted by Gasteiger charge is -2.35. The van der Waals surface area contributed by atoms with Gasteiger partial charge in [0.1, 0.15) is 28.0 Å². The van der Waals surface area contributed by atoms with Gasteiger partial charge in [-0.3, -0.25) is 4.79 Å². The molecule has 9 heteroatoms. The molecule has 0 atom stereocenters. The number of anilines is 1. The Bertz CT molecular complexity index is 1190. The average molecular weight is 450 g/mol. The highest BCUT2D eigenvalue weighted by Gasteiger charge is 2.23. The van der Waals surface area contributed by atoms with E-state index in [1.807, 2.05) is 29.2 Å². The summed E-state index contributed by atoms with van der Waals surface area (Å²) in [6, 6.07) is 10.1. The Morgan fingerprint density at radius 2 is 1.78 bits per heavy atom. The van der Waals surface area contributed by atoms with Gasteiger partial charge in [-0.1, -0.05) is 19.1 Å². The maximum atomic E-state index is 12.7. The van der Waals surface area contributed by atoms with E-state index in [1.165, 1.54) is 4.88 Å². The Kier molecular flexibility index (Phi) is 5.98. The van der Waals surface area contributed by atoms with Gasteiger partial charge in [0.25, 0.3) is 0 Å².